The molecule has 0 saturated carbocycles. The van der Waals surface area contributed by atoms with Crippen LogP contribution in [0.1, 0.15) is 6.92 Å². The van der Waals surface area contributed by atoms with E-state index in [1.54, 1.807) is 16.7 Å². The maximum absolute atomic E-state index is 13.0. The number of piperazine rings is 1. The number of hydrogen-bond donors (Lipinski definition) is 1. The number of anilines is 1. The largest absolute Gasteiger partial charge is 0.484 e. The SMILES string of the molecule is CCOC(=O)N1CCN(C(=O)COc2ccc(S(=O)(=O)Nc3ccc(F)cc3)cc2)CC1. The zero-order valence-corrected chi connectivity index (χ0v) is 18.3. The van der Waals surface area contributed by atoms with Crippen LogP contribution in [-0.2, 0) is 19.6 Å². The monoisotopic (exact) mass is 465 g/mol. The number of nitrogens with one attached hydrogen (secondary N) is 1. The number of benzene rings is 2. The van der Waals surface area contributed by atoms with E-state index in [9.17, 15) is 22.4 Å². The highest BCUT2D eigenvalue weighted by atomic mass is 32.2. The zero-order chi connectivity index (χ0) is 23.1. The van der Waals surface area contributed by atoms with Crippen LogP contribution in [0.15, 0.2) is 53.4 Å². The van der Waals surface area contributed by atoms with Crippen molar-refractivity contribution in [1.82, 2.24) is 9.80 Å². The van der Waals surface area contributed by atoms with Crippen molar-refractivity contribution in [3.05, 3.63) is 54.3 Å². The number of carbonyl (C=O) groups is 2. The Bertz CT molecular complexity index is 1040. The molecule has 0 aliphatic carbocycles. The lowest BCUT2D eigenvalue weighted by molar-refractivity contribution is -0.134. The van der Waals surface area contributed by atoms with E-state index in [4.69, 9.17) is 9.47 Å². The molecule has 0 bridgehead atoms. The van der Waals surface area contributed by atoms with E-state index in [0.29, 0.717) is 38.5 Å². The summed E-state index contributed by atoms with van der Waals surface area (Å²) >= 11 is 0. The summed E-state index contributed by atoms with van der Waals surface area (Å²) in [6.45, 7) is 3.36. The van der Waals surface area contributed by atoms with E-state index in [-0.39, 0.29) is 29.2 Å². The zero-order valence-electron chi connectivity index (χ0n) is 17.5. The molecule has 0 unspecified atom stereocenters. The molecule has 172 valence electrons. The standard InChI is InChI=1S/C21H24FN3O6S/c1-2-30-21(27)25-13-11-24(12-14-25)20(26)15-31-18-7-9-19(10-8-18)32(28,29)23-17-5-3-16(22)4-6-17/h3-10,23H,2,11-15H2,1H3. The van der Waals surface area contributed by atoms with Gasteiger partial charge in [-0.15, -0.1) is 0 Å². The van der Waals surface area contributed by atoms with E-state index < -0.39 is 15.8 Å². The van der Waals surface area contributed by atoms with Crippen LogP contribution in [0.2, 0.25) is 0 Å². The van der Waals surface area contributed by atoms with Crippen LogP contribution in [0.5, 0.6) is 5.75 Å². The van der Waals surface area contributed by atoms with Gasteiger partial charge in [-0.3, -0.25) is 9.52 Å². The van der Waals surface area contributed by atoms with Gasteiger partial charge in [-0.2, -0.15) is 0 Å². The van der Waals surface area contributed by atoms with Gasteiger partial charge in [0.15, 0.2) is 6.61 Å². The van der Waals surface area contributed by atoms with Gasteiger partial charge in [0.2, 0.25) is 0 Å². The van der Waals surface area contributed by atoms with Gasteiger partial charge in [-0.25, -0.2) is 17.6 Å². The number of ether oxygens (including phenoxy) is 2. The number of hydrogen-bond acceptors (Lipinski definition) is 6. The highest BCUT2D eigenvalue weighted by Crippen LogP contribution is 2.20. The second-order valence-electron chi connectivity index (χ2n) is 6.94. The summed E-state index contributed by atoms with van der Waals surface area (Å²) in [7, 11) is -3.85. The molecule has 0 atom stereocenters. The fourth-order valence-corrected chi connectivity index (χ4v) is 4.10. The Balaban J connectivity index is 1.50. The van der Waals surface area contributed by atoms with Crippen molar-refractivity contribution < 1.29 is 31.9 Å². The maximum atomic E-state index is 13.0. The predicted octanol–water partition coefficient (Wildman–Crippen LogP) is 2.31. The normalized spacial score (nSPS) is 14.1. The molecule has 1 fully saturated rings. The number of halogens is 1. The summed E-state index contributed by atoms with van der Waals surface area (Å²) in [5, 5.41) is 0. The lowest BCUT2D eigenvalue weighted by Gasteiger charge is -2.33. The molecule has 32 heavy (non-hydrogen) atoms. The molecule has 2 amide bonds. The van der Waals surface area contributed by atoms with Gasteiger partial charge < -0.3 is 19.3 Å². The van der Waals surface area contributed by atoms with Gasteiger partial charge in [-0.05, 0) is 55.5 Å². The lowest BCUT2D eigenvalue weighted by Crippen LogP contribution is -2.51. The molecule has 0 spiro atoms. The fourth-order valence-electron chi connectivity index (χ4n) is 3.04. The summed E-state index contributed by atoms with van der Waals surface area (Å²) in [5.41, 5.74) is 0.236. The highest BCUT2D eigenvalue weighted by molar-refractivity contribution is 7.92. The first-order valence-corrected chi connectivity index (χ1v) is 11.5. The minimum atomic E-state index is -3.85. The molecule has 1 aliphatic heterocycles. The van der Waals surface area contributed by atoms with E-state index in [1.807, 2.05) is 0 Å². The van der Waals surface area contributed by atoms with Gasteiger partial charge >= 0.3 is 6.09 Å². The average Bonchev–Trinajstić information content (AvgIpc) is 2.79. The Morgan fingerprint density at radius 1 is 0.969 bits per heavy atom. The molecule has 0 aromatic heterocycles. The number of nitrogens with zero attached hydrogens (tertiary/aromatic N) is 2. The Morgan fingerprint density at radius 2 is 1.56 bits per heavy atom. The Labute approximate surface area is 185 Å². The van der Waals surface area contributed by atoms with Crippen LogP contribution >= 0.6 is 0 Å². The number of sulfonamides is 1. The minimum Gasteiger partial charge on any atom is -0.484 e. The number of rotatable bonds is 7. The quantitative estimate of drug-likeness (QED) is 0.673. The second kappa shape index (κ2) is 10.3. The Kier molecular flexibility index (Phi) is 7.52. The van der Waals surface area contributed by atoms with Gasteiger partial charge in [0, 0.05) is 31.9 Å². The molecule has 9 nitrogen and oxygen atoms in total. The number of amides is 2. The second-order valence-corrected chi connectivity index (χ2v) is 8.62. The summed E-state index contributed by atoms with van der Waals surface area (Å²) in [4.78, 5) is 27.2. The summed E-state index contributed by atoms with van der Waals surface area (Å²) in [6.07, 6.45) is -0.389. The lowest BCUT2D eigenvalue weighted by atomic mass is 10.3. The van der Waals surface area contributed by atoms with E-state index >= 15 is 0 Å². The highest BCUT2D eigenvalue weighted by Gasteiger charge is 2.25. The van der Waals surface area contributed by atoms with Crippen LogP contribution in [0.3, 0.4) is 0 Å². The molecule has 3 rings (SSSR count). The smallest absolute Gasteiger partial charge is 0.409 e. The Morgan fingerprint density at radius 3 is 2.16 bits per heavy atom. The molecular formula is C21H24FN3O6S. The third kappa shape index (κ3) is 6.10. The van der Waals surface area contributed by atoms with Gasteiger partial charge in [0.25, 0.3) is 15.9 Å². The van der Waals surface area contributed by atoms with Gasteiger partial charge in [-0.1, -0.05) is 0 Å². The molecule has 1 saturated heterocycles. The molecule has 1 heterocycles. The van der Waals surface area contributed by atoms with Gasteiger partial charge in [0.05, 0.1) is 11.5 Å². The van der Waals surface area contributed by atoms with Crippen LogP contribution in [0.25, 0.3) is 0 Å². The van der Waals surface area contributed by atoms with Crippen molar-refractivity contribution in [2.45, 2.75) is 11.8 Å². The van der Waals surface area contributed by atoms with E-state index in [2.05, 4.69) is 4.72 Å². The molecule has 0 radical (unpaired) electrons. The van der Waals surface area contributed by atoms with E-state index in [1.165, 1.54) is 36.4 Å². The van der Waals surface area contributed by atoms with Crippen LogP contribution < -0.4 is 9.46 Å². The number of carbonyl (C=O) groups excluding carboxylic acids is 2. The van der Waals surface area contributed by atoms with E-state index in [0.717, 1.165) is 12.1 Å². The molecule has 1 aliphatic rings. The molecule has 1 N–H and O–H groups in total. The first-order valence-electron chi connectivity index (χ1n) is 9.99. The topological polar surface area (TPSA) is 105 Å². The summed E-state index contributed by atoms with van der Waals surface area (Å²) in [6, 6.07) is 10.6. The van der Waals surface area contributed by atoms with Crippen molar-refractivity contribution in [3.63, 3.8) is 0 Å². The van der Waals surface area contributed by atoms with Crippen LogP contribution in [0, 0.1) is 5.82 Å². The van der Waals surface area contributed by atoms with Crippen molar-refractivity contribution in [1.29, 1.82) is 0 Å². The molecule has 2 aromatic rings. The molecular weight excluding hydrogens is 441 g/mol. The predicted molar refractivity (Wildman–Crippen MR) is 114 cm³/mol. The first-order chi connectivity index (χ1) is 15.3. The van der Waals surface area contributed by atoms with Crippen LogP contribution in [-0.4, -0.2) is 69.6 Å². The third-order valence-electron chi connectivity index (χ3n) is 4.75. The van der Waals surface area contributed by atoms with Gasteiger partial charge in [0.1, 0.15) is 11.6 Å². The first kappa shape index (κ1) is 23.3. The minimum absolute atomic E-state index is 0.00408. The van der Waals surface area contributed by atoms with Crippen molar-refractivity contribution >= 4 is 27.7 Å². The van der Waals surface area contributed by atoms with Crippen molar-refractivity contribution in [2.75, 3.05) is 44.1 Å². The fraction of sp³-hybridized carbons (Fsp3) is 0.333. The molecule has 2 aromatic carbocycles. The average molecular weight is 466 g/mol. The summed E-state index contributed by atoms with van der Waals surface area (Å²) < 4.78 is 50.6. The Hall–Kier alpha value is -3.34. The maximum Gasteiger partial charge on any atom is 0.409 e. The van der Waals surface area contributed by atoms with Crippen molar-refractivity contribution in [2.24, 2.45) is 0 Å². The third-order valence-corrected chi connectivity index (χ3v) is 6.15. The summed E-state index contributed by atoms with van der Waals surface area (Å²) in [5.74, 6) is -0.364. The molecule has 11 heteroatoms. The van der Waals surface area contributed by atoms with Crippen molar-refractivity contribution in [3.8, 4) is 5.75 Å². The van der Waals surface area contributed by atoms with Crippen LogP contribution in [0.4, 0.5) is 14.9 Å².